The van der Waals surface area contributed by atoms with Crippen molar-refractivity contribution < 1.29 is 14.6 Å². The lowest BCUT2D eigenvalue weighted by Gasteiger charge is -2.31. The van der Waals surface area contributed by atoms with E-state index in [2.05, 4.69) is 10.2 Å². The molecule has 0 bridgehead atoms. The molecule has 1 saturated heterocycles. The number of carbonyl (C=O) groups excluding carboxylic acids is 1. The molecule has 1 aliphatic rings. The summed E-state index contributed by atoms with van der Waals surface area (Å²) in [7, 11) is 3.18. The molecule has 6 heteroatoms. The molecule has 1 amide bonds. The van der Waals surface area contributed by atoms with Gasteiger partial charge in [-0.1, -0.05) is 11.6 Å². The Balaban J connectivity index is 1.98. The number of halogens is 1. The molecule has 0 saturated carbocycles. The molecule has 1 aliphatic heterocycles. The Morgan fingerprint density at radius 3 is 2.71 bits per heavy atom. The monoisotopic (exact) mass is 312 g/mol. The summed E-state index contributed by atoms with van der Waals surface area (Å²) in [5, 5.41) is 12.7. The van der Waals surface area contributed by atoms with Crippen LogP contribution in [-0.2, 0) is 11.3 Å². The van der Waals surface area contributed by atoms with Crippen LogP contribution in [0.15, 0.2) is 12.1 Å². The van der Waals surface area contributed by atoms with Gasteiger partial charge in [-0.2, -0.15) is 0 Å². The van der Waals surface area contributed by atoms with E-state index in [0.29, 0.717) is 10.8 Å². The summed E-state index contributed by atoms with van der Waals surface area (Å²) < 4.78 is 5.11. The summed E-state index contributed by atoms with van der Waals surface area (Å²) in [5.74, 6) is 0.604. The lowest BCUT2D eigenvalue weighted by molar-refractivity contribution is -0.125. The summed E-state index contributed by atoms with van der Waals surface area (Å²) in [6, 6.07) is 3.55. The van der Waals surface area contributed by atoms with Crippen molar-refractivity contribution in [1.29, 1.82) is 0 Å². The SMILES string of the molecule is CNC(=O)C1CCN(Cc2cc(Cl)c(O)c(OC)c2)CC1. The molecule has 0 spiro atoms. The van der Waals surface area contributed by atoms with Crippen LogP contribution >= 0.6 is 11.6 Å². The number of aromatic hydroxyl groups is 1. The van der Waals surface area contributed by atoms with Crippen LogP contribution < -0.4 is 10.1 Å². The minimum atomic E-state index is -0.0266. The highest BCUT2D eigenvalue weighted by Crippen LogP contribution is 2.35. The first-order valence-electron chi connectivity index (χ1n) is 7.04. The van der Waals surface area contributed by atoms with Crippen LogP contribution in [0, 0.1) is 5.92 Å². The van der Waals surface area contributed by atoms with Gasteiger partial charge in [-0.15, -0.1) is 0 Å². The van der Waals surface area contributed by atoms with E-state index >= 15 is 0 Å². The van der Waals surface area contributed by atoms with Crippen molar-refractivity contribution in [2.75, 3.05) is 27.2 Å². The van der Waals surface area contributed by atoms with Gasteiger partial charge in [0.2, 0.25) is 5.91 Å². The minimum Gasteiger partial charge on any atom is -0.503 e. The molecule has 0 atom stereocenters. The van der Waals surface area contributed by atoms with Crippen LogP contribution in [0.4, 0.5) is 0 Å². The number of amides is 1. The van der Waals surface area contributed by atoms with Gasteiger partial charge in [0.1, 0.15) is 0 Å². The second-order valence-corrected chi connectivity index (χ2v) is 5.70. The number of nitrogens with zero attached hydrogens (tertiary/aromatic N) is 1. The van der Waals surface area contributed by atoms with Crippen molar-refractivity contribution in [2.45, 2.75) is 19.4 Å². The first-order valence-corrected chi connectivity index (χ1v) is 7.42. The fourth-order valence-electron chi connectivity index (χ4n) is 2.69. The Morgan fingerprint density at radius 1 is 1.48 bits per heavy atom. The fourth-order valence-corrected chi connectivity index (χ4v) is 2.92. The van der Waals surface area contributed by atoms with E-state index in [1.54, 1.807) is 19.2 Å². The second-order valence-electron chi connectivity index (χ2n) is 5.29. The predicted molar refractivity (Wildman–Crippen MR) is 81.7 cm³/mol. The summed E-state index contributed by atoms with van der Waals surface area (Å²) in [6.07, 6.45) is 1.73. The number of phenolic OH excluding ortho intramolecular Hbond substituents is 1. The molecule has 2 N–H and O–H groups in total. The third kappa shape index (κ3) is 3.80. The summed E-state index contributed by atoms with van der Waals surface area (Å²) in [6.45, 7) is 2.48. The summed E-state index contributed by atoms with van der Waals surface area (Å²) in [5.41, 5.74) is 0.994. The number of hydrogen-bond acceptors (Lipinski definition) is 4. The molecule has 1 aromatic rings. The Kier molecular flexibility index (Phi) is 5.31. The molecule has 1 aromatic carbocycles. The van der Waals surface area contributed by atoms with Crippen molar-refractivity contribution in [3.05, 3.63) is 22.7 Å². The van der Waals surface area contributed by atoms with Gasteiger partial charge < -0.3 is 15.2 Å². The number of piperidine rings is 1. The maximum Gasteiger partial charge on any atom is 0.222 e. The zero-order valence-corrected chi connectivity index (χ0v) is 13.1. The normalized spacial score (nSPS) is 16.7. The van der Waals surface area contributed by atoms with Gasteiger partial charge in [0.05, 0.1) is 12.1 Å². The number of rotatable bonds is 4. The van der Waals surface area contributed by atoms with E-state index in [1.807, 2.05) is 0 Å². The minimum absolute atomic E-state index is 0.0266. The van der Waals surface area contributed by atoms with Crippen LogP contribution in [0.5, 0.6) is 11.5 Å². The molecule has 0 aliphatic carbocycles. The predicted octanol–water partition coefficient (Wildman–Crippen LogP) is 2.01. The number of carbonyl (C=O) groups is 1. The van der Waals surface area contributed by atoms with Crippen LogP contribution in [0.2, 0.25) is 5.02 Å². The Morgan fingerprint density at radius 2 is 2.14 bits per heavy atom. The van der Waals surface area contributed by atoms with Gasteiger partial charge in [0, 0.05) is 19.5 Å². The first-order chi connectivity index (χ1) is 10.0. The largest absolute Gasteiger partial charge is 0.503 e. The zero-order chi connectivity index (χ0) is 15.4. The zero-order valence-electron chi connectivity index (χ0n) is 12.4. The van der Waals surface area contributed by atoms with Crippen LogP contribution in [-0.4, -0.2) is 43.2 Å². The number of ether oxygens (including phenoxy) is 1. The second kappa shape index (κ2) is 7.00. The van der Waals surface area contributed by atoms with Crippen molar-refractivity contribution in [3.63, 3.8) is 0 Å². The van der Waals surface area contributed by atoms with Crippen molar-refractivity contribution >= 4 is 17.5 Å². The van der Waals surface area contributed by atoms with E-state index in [-0.39, 0.29) is 17.6 Å². The van der Waals surface area contributed by atoms with Crippen LogP contribution in [0.25, 0.3) is 0 Å². The molecule has 1 heterocycles. The summed E-state index contributed by atoms with van der Waals surface area (Å²) >= 11 is 6.00. The van der Waals surface area contributed by atoms with Crippen molar-refractivity contribution in [2.24, 2.45) is 5.92 Å². The molecule has 116 valence electrons. The van der Waals surface area contributed by atoms with Crippen LogP contribution in [0.1, 0.15) is 18.4 Å². The number of likely N-dealkylation sites (tertiary alicyclic amines) is 1. The fraction of sp³-hybridized carbons (Fsp3) is 0.533. The number of benzene rings is 1. The smallest absolute Gasteiger partial charge is 0.222 e. The molecule has 0 unspecified atom stereocenters. The Bertz CT molecular complexity index is 514. The van der Waals surface area contributed by atoms with Gasteiger partial charge >= 0.3 is 0 Å². The van der Waals surface area contributed by atoms with E-state index in [4.69, 9.17) is 16.3 Å². The maximum atomic E-state index is 11.6. The van der Waals surface area contributed by atoms with E-state index in [9.17, 15) is 9.90 Å². The number of hydrogen-bond donors (Lipinski definition) is 2. The average molecular weight is 313 g/mol. The molecule has 5 nitrogen and oxygen atoms in total. The van der Waals surface area contributed by atoms with Gasteiger partial charge in [-0.05, 0) is 43.6 Å². The number of phenols is 1. The van der Waals surface area contributed by atoms with Gasteiger partial charge in [0.25, 0.3) is 0 Å². The molecular formula is C15H21ClN2O3. The topological polar surface area (TPSA) is 61.8 Å². The summed E-state index contributed by atoms with van der Waals surface area (Å²) in [4.78, 5) is 13.9. The lowest BCUT2D eigenvalue weighted by atomic mass is 9.95. The van der Waals surface area contributed by atoms with Crippen LogP contribution in [0.3, 0.4) is 0 Å². The average Bonchev–Trinajstić information content (AvgIpc) is 2.50. The molecule has 21 heavy (non-hydrogen) atoms. The Labute approximate surface area is 129 Å². The third-order valence-electron chi connectivity index (χ3n) is 3.92. The molecule has 2 rings (SSSR count). The lowest BCUT2D eigenvalue weighted by Crippen LogP contribution is -2.39. The van der Waals surface area contributed by atoms with Crippen molar-refractivity contribution in [3.8, 4) is 11.5 Å². The van der Waals surface area contributed by atoms with Gasteiger partial charge in [-0.25, -0.2) is 0 Å². The molecular weight excluding hydrogens is 292 g/mol. The van der Waals surface area contributed by atoms with Gasteiger partial charge in [0.15, 0.2) is 11.5 Å². The third-order valence-corrected chi connectivity index (χ3v) is 4.21. The van der Waals surface area contributed by atoms with E-state index < -0.39 is 0 Å². The van der Waals surface area contributed by atoms with Crippen molar-refractivity contribution in [1.82, 2.24) is 10.2 Å². The quantitative estimate of drug-likeness (QED) is 0.893. The Hall–Kier alpha value is -1.46. The highest BCUT2D eigenvalue weighted by molar-refractivity contribution is 6.32. The highest BCUT2D eigenvalue weighted by Gasteiger charge is 2.24. The molecule has 0 radical (unpaired) electrons. The maximum absolute atomic E-state index is 11.6. The number of nitrogens with one attached hydrogen (secondary N) is 1. The first kappa shape index (κ1) is 15.9. The van der Waals surface area contributed by atoms with E-state index in [0.717, 1.165) is 38.0 Å². The molecule has 0 aromatic heterocycles. The number of methoxy groups -OCH3 is 1. The standard InChI is InChI=1S/C15H21ClN2O3/c1-17-15(20)11-3-5-18(6-4-11)9-10-7-12(16)14(19)13(8-10)21-2/h7-8,11,19H,3-6,9H2,1-2H3,(H,17,20). The van der Waals surface area contributed by atoms with E-state index in [1.165, 1.54) is 7.11 Å². The highest BCUT2D eigenvalue weighted by atomic mass is 35.5. The molecule has 1 fully saturated rings. The van der Waals surface area contributed by atoms with Gasteiger partial charge in [-0.3, -0.25) is 9.69 Å².